The lowest BCUT2D eigenvalue weighted by Crippen LogP contribution is -2.26. The highest BCUT2D eigenvalue weighted by molar-refractivity contribution is 7.98. The molecule has 0 spiro atoms. The maximum Gasteiger partial charge on any atom is 0.220 e. The second kappa shape index (κ2) is 8.23. The molecule has 68 valence electrons. The standard InChI is InChI=1S/C6H12N4OS/c1-12-5-2-6(11)8-3-4-9-10-7/h2-5H2,1H3,(H,8,11). The van der Waals surface area contributed by atoms with Gasteiger partial charge in [-0.25, -0.2) is 0 Å². The molecule has 1 N–H and O–H groups in total. The molecule has 6 heteroatoms. The van der Waals surface area contributed by atoms with E-state index in [0.29, 0.717) is 19.5 Å². The van der Waals surface area contributed by atoms with Gasteiger partial charge in [-0.1, -0.05) is 5.11 Å². The number of hydrogen-bond donors (Lipinski definition) is 1. The van der Waals surface area contributed by atoms with Crippen LogP contribution in [0.3, 0.4) is 0 Å². The van der Waals surface area contributed by atoms with Crippen LogP contribution in [0.4, 0.5) is 0 Å². The molecule has 0 aromatic carbocycles. The second-order valence-corrected chi connectivity index (χ2v) is 3.03. The van der Waals surface area contributed by atoms with Crippen LogP contribution in [0.5, 0.6) is 0 Å². The first kappa shape index (κ1) is 11.1. The summed E-state index contributed by atoms with van der Waals surface area (Å²) in [6.07, 6.45) is 2.48. The lowest BCUT2D eigenvalue weighted by atomic mass is 10.4. The normalized spacial score (nSPS) is 8.75. The molecule has 0 saturated carbocycles. The summed E-state index contributed by atoms with van der Waals surface area (Å²) in [6.45, 7) is 0.749. The van der Waals surface area contributed by atoms with E-state index in [1.54, 1.807) is 11.8 Å². The van der Waals surface area contributed by atoms with E-state index in [4.69, 9.17) is 5.53 Å². The van der Waals surface area contributed by atoms with Gasteiger partial charge in [0.1, 0.15) is 0 Å². The number of hydrogen-bond acceptors (Lipinski definition) is 3. The predicted octanol–water partition coefficient (Wildman–Crippen LogP) is 1.17. The fraction of sp³-hybridized carbons (Fsp3) is 0.833. The highest BCUT2D eigenvalue weighted by Crippen LogP contribution is 1.94. The smallest absolute Gasteiger partial charge is 0.220 e. The fourth-order valence-corrected chi connectivity index (χ4v) is 0.963. The minimum absolute atomic E-state index is 0.0116. The lowest BCUT2D eigenvalue weighted by Gasteiger charge is -2.00. The molecule has 5 nitrogen and oxygen atoms in total. The monoisotopic (exact) mass is 188 g/mol. The number of carbonyl (C=O) groups excluding carboxylic acids is 1. The Morgan fingerprint density at radius 3 is 3.08 bits per heavy atom. The molecule has 0 aromatic rings. The van der Waals surface area contributed by atoms with Crippen molar-refractivity contribution < 1.29 is 4.79 Å². The summed E-state index contributed by atoms with van der Waals surface area (Å²) in [5, 5.41) is 5.92. The van der Waals surface area contributed by atoms with Crippen molar-refractivity contribution in [2.75, 3.05) is 25.1 Å². The van der Waals surface area contributed by atoms with Crippen LogP contribution in [0.2, 0.25) is 0 Å². The molecule has 0 unspecified atom stereocenters. The first-order valence-corrected chi connectivity index (χ1v) is 4.97. The molecule has 0 aliphatic heterocycles. The average molecular weight is 188 g/mol. The number of nitrogens with zero attached hydrogens (tertiary/aromatic N) is 3. The molecule has 0 rings (SSSR count). The fourth-order valence-electron chi connectivity index (χ4n) is 0.573. The van der Waals surface area contributed by atoms with Gasteiger partial charge in [0.05, 0.1) is 0 Å². The zero-order valence-corrected chi connectivity index (χ0v) is 7.80. The predicted molar refractivity (Wildman–Crippen MR) is 50.0 cm³/mol. The van der Waals surface area contributed by atoms with Crippen molar-refractivity contribution in [2.45, 2.75) is 6.42 Å². The topological polar surface area (TPSA) is 77.9 Å². The van der Waals surface area contributed by atoms with E-state index in [-0.39, 0.29) is 5.91 Å². The van der Waals surface area contributed by atoms with Crippen LogP contribution >= 0.6 is 11.8 Å². The summed E-state index contributed by atoms with van der Waals surface area (Å²) in [4.78, 5) is 13.5. The van der Waals surface area contributed by atoms with E-state index in [2.05, 4.69) is 15.3 Å². The first-order valence-electron chi connectivity index (χ1n) is 3.57. The molecule has 0 radical (unpaired) electrons. The van der Waals surface area contributed by atoms with Crippen LogP contribution in [0.15, 0.2) is 5.11 Å². The Kier molecular flexibility index (Phi) is 7.63. The third-order valence-electron chi connectivity index (χ3n) is 1.13. The van der Waals surface area contributed by atoms with Gasteiger partial charge < -0.3 is 5.32 Å². The molecule has 0 heterocycles. The van der Waals surface area contributed by atoms with Gasteiger partial charge in [-0.15, -0.1) is 0 Å². The maximum atomic E-state index is 10.9. The highest BCUT2D eigenvalue weighted by Gasteiger charge is 1.97. The summed E-state index contributed by atoms with van der Waals surface area (Å²) >= 11 is 1.63. The Bertz CT molecular complexity index is 178. The Balaban J connectivity index is 3.25. The zero-order valence-electron chi connectivity index (χ0n) is 6.99. The van der Waals surface area contributed by atoms with E-state index in [1.165, 1.54) is 0 Å². The minimum Gasteiger partial charge on any atom is -0.356 e. The van der Waals surface area contributed by atoms with Crippen molar-refractivity contribution in [1.29, 1.82) is 0 Å². The van der Waals surface area contributed by atoms with Crippen LogP contribution in [-0.2, 0) is 4.79 Å². The largest absolute Gasteiger partial charge is 0.356 e. The Hall–Kier alpha value is -0.870. The van der Waals surface area contributed by atoms with Gasteiger partial charge in [0, 0.05) is 30.2 Å². The number of amides is 1. The van der Waals surface area contributed by atoms with Crippen molar-refractivity contribution in [3.8, 4) is 0 Å². The average Bonchev–Trinajstić information content (AvgIpc) is 2.09. The molecule has 0 aliphatic carbocycles. The summed E-state index contributed by atoms with van der Waals surface area (Å²) in [6, 6.07) is 0. The van der Waals surface area contributed by atoms with Gasteiger partial charge >= 0.3 is 0 Å². The molecular formula is C6H12N4OS. The molecule has 0 aromatic heterocycles. The molecule has 0 bridgehead atoms. The summed E-state index contributed by atoms with van der Waals surface area (Å²) in [7, 11) is 0. The second-order valence-electron chi connectivity index (χ2n) is 2.05. The van der Waals surface area contributed by atoms with Crippen LogP contribution in [0.25, 0.3) is 10.4 Å². The van der Waals surface area contributed by atoms with Crippen LogP contribution in [-0.4, -0.2) is 31.0 Å². The summed E-state index contributed by atoms with van der Waals surface area (Å²) in [5.74, 6) is 0.838. The van der Waals surface area contributed by atoms with Crippen molar-refractivity contribution >= 4 is 17.7 Å². The number of rotatable bonds is 6. The Morgan fingerprint density at radius 2 is 2.50 bits per heavy atom. The molecule has 0 fully saturated rings. The Labute approximate surface area is 75.5 Å². The van der Waals surface area contributed by atoms with E-state index >= 15 is 0 Å². The lowest BCUT2D eigenvalue weighted by molar-refractivity contribution is -0.120. The molecule has 0 saturated heterocycles. The van der Waals surface area contributed by atoms with E-state index in [0.717, 1.165) is 5.75 Å². The summed E-state index contributed by atoms with van der Waals surface area (Å²) < 4.78 is 0. The van der Waals surface area contributed by atoms with Gasteiger partial charge in [-0.05, 0) is 11.8 Å². The quantitative estimate of drug-likeness (QED) is 0.294. The molecule has 0 atom stereocenters. The van der Waals surface area contributed by atoms with E-state index in [1.807, 2.05) is 6.26 Å². The van der Waals surface area contributed by atoms with Crippen LogP contribution in [0, 0.1) is 0 Å². The highest BCUT2D eigenvalue weighted by atomic mass is 32.2. The van der Waals surface area contributed by atoms with Crippen LogP contribution < -0.4 is 5.32 Å². The molecule has 1 amide bonds. The SMILES string of the molecule is CSCCC(=O)NCCN=[N+]=[N-]. The number of nitrogens with one attached hydrogen (secondary N) is 1. The number of carbonyl (C=O) groups is 1. The van der Waals surface area contributed by atoms with Crippen molar-refractivity contribution in [3.05, 3.63) is 10.4 Å². The first-order chi connectivity index (χ1) is 5.81. The van der Waals surface area contributed by atoms with Gasteiger partial charge in [0.15, 0.2) is 0 Å². The number of azide groups is 1. The van der Waals surface area contributed by atoms with E-state index in [9.17, 15) is 4.79 Å². The number of thioether (sulfide) groups is 1. The maximum absolute atomic E-state index is 10.9. The van der Waals surface area contributed by atoms with Crippen molar-refractivity contribution in [2.24, 2.45) is 5.11 Å². The third-order valence-corrected chi connectivity index (χ3v) is 1.74. The van der Waals surface area contributed by atoms with Gasteiger partial charge in [0.25, 0.3) is 0 Å². The molecule has 0 aliphatic rings. The third kappa shape index (κ3) is 7.24. The van der Waals surface area contributed by atoms with Crippen molar-refractivity contribution in [3.63, 3.8) is 0 Å². The van der Waals surface area contributed by atoms with Gasteiger partial charge in [0.2, 0.25) is 5.91 Å². The van der Waals surface area contributed by atoms with Gasteiger partial charge in [-0.2, -0.15) is 11.8 Å². The molecule has 12 heavy (non-hydrogen) atoms. The Morgan fingerprint density at radius 1 is 1.75 bits per heavy atom. The van der Waals surface area contributed by atoms with E-state index < -0.39 is 0 Å². The van der Waals surface area contributed by atoms with Crippen LogP contribution in [0.1, 0.15) is 6.42 Å². The molecular weight excluding hydrogens is 176 g/mol. The van der Waals surface area contributed by atoms with Crippen molar-refractivity contribution in [1.82, 2.24) is 5.32 Å². The summed E-state index contributed by atoms with van der Waals surface area (Å²) in [5.41, 5.74) is 7.92. The zero-order chi connectivity index (χ0) is 9.23. The minimum atomic E-state index is 0.0116. The van der Waals surface area contributed by atoms with Gasteiger partial charge in [-0.3, -0.25) is 4.79 Å².